The van der Waals surface area contributed by atoms with Crippen LogP contribution in [-0.4, -0.2) is 22.9 Å². The van der Waals surface area contributed by atoms with E-state index in [1.807, 2.05) is 27.1 Å². The molecule has 6 heteroatoms. The van der Waals surface area contributed by atoms with E-state index in [-0.39, 0.29) is 12.0 Å². The molecule has 1 unspecified atom stereocenters. The summed E-state index contributed by atoms with van der Waals surface area (Å²) in [5.41, 5.74) is 3.18. The highest BCUT2D eigenvalue weighted by Crippen LogP contribution is 2.28. The van der Waals surface area contributed by atoms with Crippen LogP contribution >= 0.6 is 11.6 Å². The number of benzene rings is 1. The predicted octanol–water partition coefficient (Wildman–Crippen LogP) is 3.34. The van der Waals surface area contributed by atoms with Crippen LogP contribution in [0, 0.1) is 6.92 Å². The van der Waals surface area contributed by atoms with Crippen LogP contribution in [0.2, 0.25) is 5.02 Å². The van der Waals surface area contributed by atoms with Gasteiger partial charge in [-0.05, 0) is 32.0 Å². The number of methoxy groups -OCH3 is 1. The molecule has 0 aliphatic rings. The van der Waals surface area contributed by atoms with Gasteiger partial charge >= 0.3 is 5.97 Å². The van der Waals surface area contributed by atoms with Gasteiger partial charge in [0.2, 0.25) is 0 Å². The fourth-order valence-corrected chi connectivity index (χ4v) is 2.41. The number of carbonyl (C=O) groups excluding carboxylic acids is 1. The standard InChI is InChI=1S/C15H18ClN3O2/c1-9(12-8-19(3)18-10(12)2)17-14-7-11(15(20)21-4)5-6-13(14)16/h5-9,17H,1-4H3. The minimum atomic E-state index is -0.389. The van der Waals surface area contributed by atoms with Gasteiger partial charge in [0.15, 0.2) is 0 Å². The van der Waals surface area contributed by atoms with Crippen molar-refractivity contribution in [3.05, 3.63) is 46.2 Å². The fourth-order valence-electron chi connectivity index (χ4n) is 2.23. The Labute approximate surface area is 128 Å². The van der Waals surface area contributed by atoms with Crippen molar-refractivity contribution < 1.29 is 9.53 Å². The quantitative estimate of drug-likeness (QED) is 0.880. The summed E-state index contributed by atoms with van der Waals surface area (Å²) in [5, 5.41) is 8.18. The SMILES string of the molecule is COC(=O)c1ccc(Cl)c(NC(C)c2cn(C)nc2C)c1. The molecule has 0 amide bonds. The third-order valence-electron chi connectivity index (χ3n) is 3.28. The summed E-state index contributed by atoms with van der Waals surface area (Å²) in [7, 11) is 3.24. The van der Waals surface area contributed by atoms with Gasteiger partial charge in [-0.15, -0.1) is 0 Å². The maximum absolute atomic E-state index is 11.6. The summed E-state index contributed by atoms with van der Waals surface area (Å²) in [6.07, 6.45) is 1.96. The van der Waals surface area contributed by atoms with Crippen molar-refractivity contribution >= 4 is 23.3 Å². The fraction of sp³-hybridized carbons (Fsp3) is 0.333. The number of esters is 1. The average Bonchev–Trinajstić information content (AvgIpc) is 2.79. The predicted molar refractivity (Wildman–Crippen MR) is 82.8 cm³/mol. The molecular weight excluding hydrogens is 290 g/mol. The molecule has 21 heavy (non-hydrogen) atoms. The Balaban J connectivity index is 2.26. The van der Waals surface area contributed by atoms with Crippen LogP contribution in [-0.2, 0) is 11.8 Å². The average molecular weight is 308 g/mol. The number of anilines is 1. The summed E-state index contributed by atoms with van der Waals surface area (Å²) in [5.74, 6) is -0.389. The lowest BCUT2D eigenvalue weighted by Gasteiger charge is -2.16. The topological polar surface area (TPSA) is 56.1 Å². The highest BCUT2D eigenvalue weighted by molar-refractivity contribution is 6.33. The van der Waals surface area contributed by atoms with Gasteiger partial charge in [-0.3, -0.25) is 4.68 Å². The molecule has 5 nitrogen and oxygen atoms in total. The van der Waals surface area contributed by atoms with Crippen molar-refractivity contribution in [3.63, 3.8) is 0 Å². The molecular formula is C15H18ClN3O2. The maximum atomic E-state index is 11.6. The van der Waals surface area contributed by atoms with Crippen molar-refractivity contribution in [2.75, 3.05) is 12.4 Å². The smallest absolute Gasteiger partial charge is 0.337 e. The van der Waals surface area contributed by atoms with E-state index in [0.29, 0.717) is 16.3 Å². The number of carbonyl (C=O) groups is 1. The molecule has 1 heterocycles. The first kappa shape index (κ1) is 15.4. The number of aryl methyl sites for hydroxylation is 2. The molecule has 0 aliphatic carbocycles. The van der Waals surface area contributed by atoms with Gasteiger partial charge in [0.1, 0.15) is 0 Å². The third kappa shape index (κ3) is 3.36. The van der Waals surface area contributed by atoms with Gasteiger partial charge in [0.05, 0.1) is 35.1 Å². The van der Waals surface area contributed by atoms with Crippen molar-refractivity contribution in [2.45, 2.75) is 19.9 Å². The van der Waals surface area contributed by atoms with Crippen LogP contribution in [0.1, 0.15) is 34.6 Å². The Morgan fingerprint density at radius 3 is 2.76 bits per heavy atom. The van der Waals surface area contributed by atoms with Crippen LogP contribution in [0.5, 0.6) is 0 Å². The molecule has 2 rings (SSSR count). The third-order valence-corrected chi connectivity index (χ3v) is 3.61. The van der Waals surface area contributed by atoms with E-state index in [9.17, 15) is 4.79 Å². The largest absolute Gasteiger partial charge is 0.465 e. The van der Waals surface area contributed by atoms with Crippen LogP contribution in [0.15, 0.2) is 24.4 Å². The number of nitrogens with one attached hydrogen (secondary N) is 1. The first-order chi connectivity index (χ1) is 9.92. The second kappa shape index (κ2) is 6.18. The van der Waals surface area contributed by atoms with E-state index < -0.39 is 0 Å². The normalized spacial score (nSPS) is 12.0. The minimum Gasteiger partial charge on any atom is -0.465 e. The number of nitrogens with zero attached hydrogens (tertiary/aromatic N) is 2. The molecule has 1 atom stereocenters. The summed E-state index contributed by atoms with van der Waals surface area (Å²) < 4.78 is 6.49. The van der Waals surface area contributed by atoms with E-state index in [1.54, 1.807) is 22.9 Å². The minimum absolute atomic E-state index is 0.0177. The lowest BCUT2D eigenvalue weighted by molar-refractivity contribution is 0.0601. The number of halogens is 1. The molecule has 112 valence electrons. The molecule has 1 aromatic heterocycles. The maximum Gasteiger partial charge on any atom is 0.337 e. The molecule has 0 radical (unpaired) electrons. The molecule has 0 saturated carbocycles. The summed E-state index contributed by atoms with van der Waals surface area (Å²) >= 11 is 6.19. The highest BCUT2D eigenvalue weighted by Gasteiger charge is 2.14. The van der Waals surface area contributed by atoms with Crippen LogP contribution in [0.4, 0.5) is 5.69 Å². The number of hydrogen-bond donors (Lipinski definition) is 1. The van der Waals surface area contributed by atoms with Crippen LogP contribution in [0.25, 0.3) is 0 Å². The van der Waals surface area contributed by atoms with Crippen molar-refractivity contribution in [1.82, 2.24) is 9.78 Å². The Kier molecular flexibility index (Phi) is 4.53. The molecule has 1 aromatic carbocycles. The number of aromatic nitrogens is 2. The van der Waals surface area contributed by atoms with Crippen molar-refractivity contribution in [2.24, 2.45) is 7.05 Å². The molecule has 1 N–H and O–H groups in total. The second-order valence-corrected chi connectivity index (χ2v) is 5.30. The Bertz CT molecular complexity index is 667. The molecule has 0 fully saturated rings. The zero-order valence-electron chi connectivity index (χ0n) is 12.5. The zero-order valence-corrected chi connectivity index (χ0v) is 13.2. The molecule has 0 aliphatic heterocycles. The van der Waals surface area contributed by atoms with Gasteiger partial charge in [0, 0.05) is 18.8 Å². The van der Waals surface area contributed by atoms with E-state index in [0.717, 1.165) is 11.3 Å². The second-order valence-electron chi connectivity index (χ2n) is 4.90. The number of rotatable bonds is 4. The molecule has 0 spiro atoms. The van der Waals surface area contributed by atoms with Gasteiger partial charge < -0.3 is 10.1 Å². The van der Waals surface area contributed by atoms with Crippen molar-refractivity contribution in [3.8, 4) is 0 Å². The summed E-state index contributed by atoms with van der Waals surface area (Å²) in [6, 6.07) is 5.03. The number of hydrogen-bond acceptors (Lipinski definition) is 4. The van der Waals surface area contributed by atoms with Crippen LogP contribution in [0.3, 0.4) is 0 Å². The Morgan fingerprint density at radius 1 is 1.48 bits per heavy atom. The zero-order chi connectivity index (χ0) is 15.6. The van der Waals surface area contributed by atoms with E-state index in [1.165, 1.54) is 7.11 Å². The first-order valence-corrected chi connectivity index (χ1v) is 6.94. The van der Waals surface area contributed by atoms with Crippen molar-refractivity contribution in [1.29, 1.82) is 0 Å². The van der Waals surface area contributed by atoms with Gasteiger partial charge in [0.25, 0.3) is 0 Å². The van der Waals surface area contributed by atoms with Gasteiger partial charge in [-0.2, -0.15) is 5.10 Å². The lowest BCUT2D eigenvalue weighted by Crippen LogP contribution is -2.09. The summed E-state index contributed by atoms with van der Waals surface area (Å²) in [6.45, 7) is 3.98. The van der Waals surface area contributed by atoms with E-state index in [2.05, 4.69) is 10.4 Å². The van der Waals surface area contributed by atoms with Gasteiger partial charge in [-0.1, -0.05) is 11.6 Å². The van der Waals surface area contributed by atoms with E-state index in [4.69, 9.17) is 16.3 Å². The van der Waals surface area contributed by atoms with Gasteiger partial charge in [-0.25, -0.2) is 4.79 Å². The first-order valence-electron chi connectivity index (χ1n) is 6.57. The lowest BCUT2D eigenvalue weighted by atomic mass is 10.1. The number of ether oxygens (including phenoxy) is 1. The molecule has 2 aromatic rings. The van der Waals surface area contributed by atoms with Crippen LogP contribution < -0.4 is 5.32 Å². The monoisotopic (exact) mass is 307 g/mol. The molecule has 0 bridgehead atoms. The Hall–Kier alpha value is -2.01. The summed E-state index contributed by atoms with van der Waals surface area (Å²) in [4.78, 5) is 11.6. The highest BCUT2D eigenvalue weighted by atomic mass is 35.5. The Morgan fingerprint density at radius 2 is 2.19 bits per heavy atom. The van der Waals surface area contributed by atoms with E-state index >= 15 is 0 Å². The molecule has 0 saturated heterocycles.